The van der Waals surface area contributed by atoms with E-state index in [1.54, 1.807) is 4.72 Å². The molecule has 0 aliphatic rings. The zero-order valence-electron chi connectivity index (χ0n) is 7.92. The van der Waals surface area contributed by atoms with Crippen LogP contribution >= 0.6 is 39.1 Å². The molecular formula is C8H6BrCl2NO3S. The van der Waals surface area contributed by atoms with Crippen LogP contribution in [0, 0.1) is 0 Å². The van der Waals surface area contributed by atoms with Gasteiger partial charge in [-0.2, -0.15) is 0 Å². The predicted octanol–water partition coefficient (Wildman–Crippen LogP) is 2.58. The van der Waals surface area contributed by atoms with Crippen LogP contribution in [-0.2, 0) is 14.8 Å². The van der Waals surface area contributed by atoms with E-state index < -0.39 is 15.9 Å². The van der Waals surface area contributed by atoms with Gasteiger partial charge in [-0.3, -0.25) is 4.79 Å². The average molecular weight is 347 g/mol. The number of rotatable bonds is 2. The average Bonchev–Trinajstić information content (AvgIpc) is 1.96. The van der Waals surface area contributed by atoms with Gasteiger partial charge in [0.05, 0.1) is 10.0 Å². The van der Waals surface area contributed by atoms with E-state index in [2.05, 4.69) is 15.9 Å². The molecule has 88 valence electrons. The van der Waals surface area contributed by atoms with Gasteiger partial charge in [-0.05, 0) is 12.1 Å². The van der Waals surface area contributed by atoms with E-state index in [0.717, 1.165) is 6.92 Å². The van der Waals surface area contributed by atoms with Crippen molar-refractivity contribution in [1.29, 1.82) is 0 Å². The van der Waals surface area contributed by atoms with Crippen LogP contribution in [0.25, 0.3) is 0 Å². The van der Waals surface area contributed by atoms with E-state index >= 15 is 0 Å². The van der Waals surface area contributed by atoms with Crippen molar-refractivity contribution in [3.05, 3.63) is 26.7 Å². The molecule has 0 radical (unpaired) electrons. The molecule has 4 nitrogen and oxygen atoms in total. The Bertz CT molecular complexity index is 521. The Balaban J connectivity index is 3.39. The molecule has 0 aliphatic carbocycles. The van der Waals surface area contributed by atoms with Gasteiger partial charge < -0.3 is 0 Å². The second-order valence-electron chi connectivity index (χ2n) is 2.86. The van der Waals surface area contributed by atoms with Gasteiger partial charge in [-0.15, -0.1) is 0 Å². The lowest BCUT2D eigenvalue weighted by atomic mass is 10.4. The van der Waals surface area contributed by atoms with Crippen LogP contribution in [0.4, 0.5) is 0 Å². The van der Waals surface area contributed by atoms with E-state index in [-0.39, 0.29) is 14.9 Å². The van der Waals surface area contributed by atoms with Crippen LogP contribution in [0.1, 0.15) is 6.92 Å². The molecule has 0 spiro atoms. The quantitative estimate of drug-likeness (QED) is 0.895. The monoisotopic (exact) mass is 345 g/mol. The van der Waals surface area contributed by atoms with Crippen molar-refractivity contribution in [2.75, 3.05) is 0 Å². The molecule has 0 heterocycles. The van der Waals surface area contributed by atoms with Crippen LogP contribution in [-0.4, -0.2) is 14.3 Å². The predicted molar refractivity (Wildman–Crippen MR) is 65.2 cm³/mol. The molecule has 0 fully saturated rings. The lowest BCUT2D eigenvalue weighted by molar-refractivity contribution is -0.117. The van der Waals surface area contributed by atoms with Gasteiger partial charge in [0.1, 0.15) is 4.90 Å². The van der Waals surface area contributed by atoms with Crippen molar-refractivity contribution >= 4 is 55.1 Å². The number of nitrogens with one attached hydrogen (secondary N) is 1. The summed E-state index contributed by atoms with van der Waals surface area (Å²) in [5.41, 5.74) is 0. The van der Waals surface area contributed by atoms with E-state index in [1.165, 1.54) is 12.1 Å². The molecule has 8 heteroatoms. The Labute approximate surface area is 111 Å². The molecule has 0 aliphatic heterocycles. The number of sulfonamides is 1. The highest BCUT2D eigenvalue weighted by Gasteiger charge is 2.23. The molecule has 0 saturated heterocycles. The number of amides is 1. The molecular weight excluding hydrogens is 341 g/mol. The molecule has 1 rings (SSSR count). The van der Waals surface area contributed by atoms with E-state index in [9.17, 15) is 13.2 Å². The molecule has 0 aromatic heterocycles. The second kappa shape index (κ2) is 4.91. The minimum Gasteiger partial charge on any atom is -0.274 e. The number of benzene rings is 1. The summed E-state index contributed by atoms with van der Waals surface area (Å²) in [6, 6.07) is 2.75. The Morgan fingerprint density at radius 3 is 2.12 bits per heavy atom. The lowest BCUT2D eigenvalue weighted by Gasteiger charge is -2.08. The van der Waals surface area contributed by atoms with Crippen LogP contribution in [0.15, 0.2) is 21.5 Å². The van der Waals surface area contributed by atoms with Gasteiger partial charge in [0.2, 0.25) is 5.91 Å². The smallest absolute Gasteiger partial charge is 0.267 e. The number of carbonyl (C=O) groups is 1. The van der Waals surface area contributed by atoms with Crippen molar-refractivity contribution in [2.24, 2.45) is 0 Å². The number of hydrogen-bond acceptors (Lipinski definition) is 3. The van der Waals surface area contributed by atoms with Crippen molar-refractivity contribution in [3.8, 4) is 0 Å². The SMILES string of the molecule is CC(=O)NS(=O)(=O)c1c(Cl)cc(Br)cc1Cl. The Morgan fingerprint density at radius 2 is 1.75 bits per heavy atom. The van der Waals surface area contributed by atoms with E-state index in [1.807, 2.05) is 0 Å². The molecule has 0 saturated carbocycles. The molecule has 1 N–H and O–H groups in total. The van der Waals surface area contributed by atoms with Gasteiger partial charge in [0.15, 0.2) is 0 Å². The summed E-state index contributed by atoms with van der Waals surface area (Å²) in [6.45, 7) is 1.08. The van der Waals surface area contributed by atoms with Gasteiger partial charge in [-0.1, -0.05) is 39.1 Å². The second-order valence-corrected chi connectivity index (χ2v) is 6.21. The minimum absolute atomic E-state index is 0.0619. The molecule has 0 atom stereocenters. The summed E-state index contributed by atoms with van der Waals surface area (Å²) >= 11 is 14.6. The third-order valence-electron chi connectivity index (χ3n) is 1.51. The first-order chi connectivity index (χ1) is 7.24. The normalized spacial score (nSPS) is 11.2. The van der Waals surface area contributed by atoms with Crippen molar-refractivity contribution < 1.29 is 13.2 Å². The third-order valence-corrected chi connectivity index (χ3v) is 4.32. The number of carbonyl (C=O) groups excluding carboxylic acids is 1. The summed E-state index contributed by atoms with van der Waals surface area (Å²) in [5.74, 6) is -0.713. The standard InChI is InChI=1S/C8H6BrCl2NO3S/c1-4(13)12-16(14,15)8-6(10)2-5(9)3-7(8)11/h2-3H,1H3,(H,12,13). The van der Waals surface area contributed by atoms with Gasteiger partial charge in [0.25, 0.3) is 10.0 Å². The first-order valence-electron chi connectivity index (χ1n) is 3.92. The fourth-order valence-corrected chi connectivity index (χ4v) is 3.96. The minimum atomic E-state index is -4.02. The van der Waals surface area contributed by atoms with Crippen LogP contribution in [0.2, 0.25) is 10.0 Å². The largest absolute Gasteiger partial charge is 0.274 e. The van der Waals surface area contributed by atoms with Crippen LogP contribution < -0.4 is 4.72 Å². The fourth-order valence-electron chi connectivity index (χ4n) is 1.03. The Kier molecular flexibility index (Phi) is 4.23. The lowest BCUT2D eigenvalue weighted by Crippen LogP contribution is -2.28. The topological polar surface area (TPSA) is 63.2 Å². The maximum Gasteiger partial charge on any atom is 0.267 e. The highest BCUT2D eigenvalue weighted by atomic mass is 79.9. The first kappa shape index (κ1) is 13.8. The highest BCUT2D eigenvalue weighted by Crippen LogP contribution is 2.32. The Hall–Kier alpha value is -0.300. The summed E-state index contributed by atoms with van der Waals surface area (Å²) in [4.78, 5) is 10.4. The zero-order valence-corrected chi connectivity index (χ0v) is 11.8. The summed E-state index contributed by atoms with van der Waals surface area (Å²) in [5, 5.41) is -0.124. The summed E-state index contributed by atoms with van der Waals surface area (Å²) in [6.07, 6.45) is 0. The fraction of sp³-hybridized carbons (Fsp3) is 0.125. The third kappa shape index (κ3) is 3.10. The van der Waals surface area contributed by atoms with Crippen molar-refractivity contribution in [3.63, 3.8) is 0 Å². The number of halogens is 3. The molecule has 1 amide bonds. The van der Waals surface area contributed by atoms with Crippen molar-refractivity contribution in [2.45, 2.75) is 11.8 Å². The molecule has 1 aromatic rings. The van der Waals surface area contributed by atoms with Crippen LogP contribution in [0.5, 0.6) is 0 Å². The van der Waals surface area contributed by atoms with E-state index in [0.29, 0.717) is 4.47 Å². The van der Waals surface area contributed by atoms with Gasteiger partial charge >= 0.3 is 0 Å². The first-order valence-corrected chi connectivity index (χ1v) is 6.95. The molecule has 0 unspecified atom stereocenters. The van der Waals surface area contributed by atoms with Gasteiger partial charge in [-0.25, -0.2) is 13.1 Å². The summed E-state index contributed by atoms with van der Waals surface area (Å²) < 4.78 is 25.7. The highest BCUT2D eigenvalue weighted by molar-refractivity contribution is 9.10. The zero-order chi connectivity index (χ0) is 12.5. The van der Waals surface area contributed by atoms with Crippen LogP contribution in [0.3, 0.4) is 0 Å². The molecule has 0 bridgehead atoms. The van der Waals surface area contributed by atoms with E-state index in [4.69, 9.17) is 23.2 Å². The molecule has 16 heavy (non-hydrogen) atoms. The Morgan fingerprint density at radius 1 is 1.31 bits per heavy atom. The van der Waals surface area contributed by atoms with Crippen molar-refractivity contribution in [1.82, 2.24) is 4.72 Å². The summed E-state index contributed by atoms with van der Waals surface area (Å²) in [7, 11) is -4.02. The maximum atomic E-state index is 11.7. The molecule has 1 aromatic carbocycles. The maximum absolute atomic E-state index is 11.7. The number of hydrogen-bond donors (Lipinski definition) is 1. The van der Waals surface area contributed by atoms with Gasteiger partial charge in [0, 0.05) is 11.4 Å².